The van der Waals surface area contributed by atoms with Crippen LogP contribution in [-0.4, -0.2) is 17.4 Å². The Morgan fingerprint density at radius 3 is 2.30 bits per heavy atom. The average molecular weight is 313 g/mol. The smallest absolute Gasteiger partial charge is 0.277 e. The monoisotopic (exact) mass is 313 g/mol. The molecule has 0 saturated heterocycles. The molecule has 0 saturated carbocycles. The maximum absolute atomic E-state index is 12.8. The average Bonchev–Trinajstić information content (AvgIpc) is 2.57. The minimum Gasteiger partial charge on any atom is -0.362 e. The predicted octanol–water partition coefficient (Wildman–Crippen LogP) is 3.22. The molecule has 23 heavy (non-hydrogen) atoms. The number of allylic oxidation sites excluding steroid dienone is 1. The van der Waals surface area contributed by atoms with E-state index in [0.29, 0.717) is 5.69 Å². The number of hydrogen-bond acceptors (Lipinski definition) is 4. The first-order valence-electron chi connectivity index (χ1n) is 6.74. The van der Waals surface area contributed by atoms with Gasteiger partial charge in [0.05, 0.1) is 0 Å². The summed E-state index contributed by atoms with van der Waals surface area (Å²) in [5, 5.41) is 12.8. The predicted molar refractivity (Wildman–Crippen MR) is 89.1 cm³/mol. The van der Waals surface area contributed by atoms with Gasteiger partial charge in [-0.3, -0.25) is 15.0 Å². The number of para-hydroxylation sites is 1. The number of anilines is 2. The van der Waals surface area contributed by atoms with Gasteiger partial charge in [0.2, 0.25) is 5.78 Å². The van der Waals surface area contributed by atoms with Crippen LogP contribution in [0.15, 0.2) is 66.9 Å². The van der Waals surface area contributed by atoms with E-state index in [4.69, 9.17) is 5.41 Å². The van der Waals surface area contributed by atoms with E-state index in [-0.39, 0.29) is 1.43 Å². The number of carbonyl (C=O) groups is 2. The van der Waals surface area contributed by atoms with Crippen molar-refractivity contribution in [3.63, 3.8) is 0 Å². The van der Waals surface area contributed by atoms with Crippen LogP contribution in [0.25, 0.3) is 0 Å². The molecule has 2 aromatic rings. The summed E-state index contributed by atoms with van der Waals surface area (Å²) in [7, 11) is 0. The number of amides is 1. The molecule has 0 aliphatic carbocycles. The summed E-state index contributed by atoms with van der Waals surface area (Å²) >= 11 is 0. The molecule has 0 unspecified atom stereocenters. The van der Waals surface area contributed by atoms with Crippen LogP contribution in [0.1, 0.15) is 1.43 Å². The molecular weight excluding hydrogens is 297 g/mol. The second-order valence-electron chi connectivity index (χ2n) is 4.54. The highest BCUT2D eigenvalue weighted by Crippen LogP contribution is 2.08. The summed E-state index contributed by atoms with van der Waals surface area (Å²) in [6.45, 7) is 0. The minimum absolute atomic E-state index is 0. The lowest BCUT2D eigenvalue weighted by molar-refractivity contribution is -0.113. The Hall–Kier alpha value is -3.28. The molecule has 2 aromatic carbocycles. The number of halogens is 1. The molecule has 2 rings (SSSR count). The molecule has 0 radical (unpaired) electrons. The lowest BCUT2D eigenvalue weighted by atomic mass is 10.2. The van der Waals surface area contributed by atoms with Gasteiger partial charge in [-0.25, -0.2) is 4.39 Å². The second-order valence-corrected chi connectivity index (χ2v) is 4.54. The van der Waals surface area contributed by atoms with E-state index in [1.807, 2.05) is 18.2 Å². The fourth-order valence-corrected chi connectivity index (χ4v) is 1.67. The van der Waals surface area contributed by atoms with E-state index in [1.54, 1.807) is 12.1 Å². The molecular formula is C17H16FN3O2. The van der Waals surface area contributed by atoms with Crippen LogP contribution in [0.2, 0.25) is 0 Å². The molecule has 0 aliphatic rings. The van der Waals surface area contributed by atoms with E-state index < -0.39 is 23.2 Å². The fourth-order valence-electron chi connectivity index (χ4n) is 1.67. The number of carbonyl (C=O) groups excluding carboxylic acids is 2. The SMILES string of the molecule is N=C(C(=O)/C=C\Nc1ccccc1)C(=O)Nc1ccc(F)cc1.[HH]. The van der Waals surface area contributed by atoms with Crippen LogP contribution in [0.5, 0.6) is 0 Å². The zero-order chi connectivity index (χ0) is 16.7. The van der Waals surface area contributed by atoms with E-state index in [9.17, 15) is 14.0 Å². The molecule has 6 heteroatoms. The summed E-state index contributed by atoms with van der Waals surface area (Å²) in [6.07, 6.45) is 2.46. The molecule has 0 atom stereocenters. The van der Waals surface area contributed by atoms with Gasteiger partial charge in [-0.2, -0.15) is 0 Å². The van der Waals surface area contributed by atoms with Crippen LogP contribution in [0.3, 0.4) is 0 Å². The summed E-state index contributed by atoms with van der Waals surface area (Å²) < 4.78 is 12.8. The van der Waals surface area contributed by atoms with Crippen LogP contribution < -0.4 is 10.6 Å². The molecule has 0 bridgehead atoms. The third kappa shape index (κ3) is 4.89. The molecule has 0 spiro atoms. The van der Waals surface area contributed by atoms with Crippen molar-refractivity contribution in [3.8, 4) is 0 Å². The normalized spacial score (nSPS) is 10.3. The molecule has 3 N–H and O–H groups in total. The quantitative estimate of drug-likeness (QED) is 0.435. The van der Waals surface area contributed by atoms with Gasteiger partial charge in [0.15, 0.2) is 5.71 Å². The number of nitrogens with one attached hydrogen (secondary N) is 3. The van der Waals surface area contributed by atoms with E-state index in [2.05, 4.69) is 10.6 Å². The molecule has 0 aliphatic heterocycles. The van der Waals surface area contributed by atoms with E-state index in [0.717, 1.165) is 11.8 Å². The molecule has 5 nitrogen and oxygen atoms in total. The molecule has 0 aromatic heterocycles. The number of benzene rings is 2. The van der Waals surface area contributed by atoms with Gasteiger partial charge in [0.25, 0.3) is 5.91 Å². The molecule has 118 valence electrons. The van der Waals surface area contributed by atoms with E-state index >= 15 is 0 Å². The zero-order valence-corrected chi connectivity index (χ0v) is 12.0. The van der Waals surface area contributed by atoms with Crippen LogP contribution >= 0.6 is 0 Å². The van der Waals surface area contributed by atoms with Gasteiger partial charge >= 0.3 is 0 Å². The Morgan fingerprint density at radius 1 is 1.00 bits per heavy atom. The summed E-state index contributed by atoms with van der Waals surface area (Å²) in [6, 6.07) is 14.2. The van der Waals surface area contributed by atoms with Crippen LogP contribution in [0.4, 0.5) is 15.8 Å². The Labute approximate surface area is 133 Å². The highest BCUT2D eigenvalue weighted by Gasteiger charge is 2.15. The second kappa shape index (κ2) is 7.65. The maximum atomic E-state index is 12.8. The van der Waals surface area contributed by atoms with Gasteiger partial charge in [-0.1, -0.05) is 18.2 Å². The number of rotatable bonds is 6. The number of hydrogen-bond donors (Lipinski definition) is 3. The highest BCUT2D eigenvalue weighted by molar-refractivity contribution is 6.68. The van der Waals surface area contributed by atoms with Crippen molar-refractivity contribution >= 4 is 28.8 Å². The first-order chi connectivity index (χ1) is 11.1. The van der Waals surface area contributed by atoms with Crippen LogP contribution in [-0.2, 0) is 9.59 Å². The third-order valence-corrected chi connectivity index (χ3v) is 2.83. The Balaban J connectivity index is 0.00000288. The van der Waals surface area contributed by atoms with E-state index in [1.165, 1.54) is 30.5 Å². The minimum atomic E-state index is -0.856. The van der Waals surface area contributed by atoms with Crippen molar-refractivity contribution in [1.29, 1.82) is 5.41 Å². The molecule has 1 amide bonds. The third-order valence-electron chi connectivity index (χ3n) is 2.83. The first kappa shape index (κ1) is 16.1. The highest BCUT2D eigenvalue weighted by atomic mass is 19.1. The summed E-state index contributed by atoms with van der Waals surface area (Å²) in [5.74, 6) is -2.04. The lowest BCUT2D eigenvalue weighted by Crippen LogP contribution is -2.28. The van der Waals surface area contributed by atoms with Crippen molar-refractivity contribution in [3.05, 3.63) is 72.7 Å². The topological polar surface area (TPSA) is 82.1 Å². The van der Waals surface area contributed by atoms with Gasteiger partial charge in [0.1, 0.15) is 5.82 Å². The summed E-state index contributed by atoms with van der Waals surface area (Å²) in [4.78, 5) is 23.5. The van der Waals surface area contributed by atoms with Gasteiger partial charge in [0, 0.05) is 25.1 Å². The van der Waals surface area contributed by atoms with Gasteiger partial charge < -0.3 is 10.6 Å². The largest absolute Gasteiger partial charge is 0.362 e. The standard InChI is InChI=1S/C17H14FN3O2.H2/c18-12-6-8-14(9-7-12)21-17(23)16(19)15(22)10-11-20-13-4-2-1-3-5-13;/h1-11,19-20H,(H,21,23);1H/b11-10-,19-16?;. The Morgan fingerprint density at radius 2 is 1.65 bits per heavy atom. The van der Waals surface area contributed by atoms with Crippen LogP contribution in [0, 0.1) is 11.2 Å². The van der Waals surface area contributed by atoms with Crippen molar-refractivity contribution in [2.45, 2.75) is 0 Å². The summed E-state index contributed by atoms with van der Waals surface area (Å²) in [5.41, 5.74) is 0.375. The Kier molecular flexibility index (Phi) is 5.35. The van der Waals surface area contributed by atoms with Crippen molar-refractivity contribution in [2.24, 2.45) is 0 Å². The zero-order valence-electron chi connectivity index (χ0n) is 12.0. The van der Waals surface area contributed by atoms with Crippen molar-refractivity contribution in [1.82, 2.24) is 0 Å². The molecule has 0 heterocycles. The van der Waals surface area contributed by atoms with Crippen molar-refractivity contribution in [2.75, 3.05) is 10.6 Å². The van der Waals surface area contributed by atoms with Gasteiger partial charge in [-0.05, 0) is 36.4 Å². The lowest BCUT2D eigenvalue weighted by Gasteiger charge is -2.04. The number of ketones is 1. The van der Waals surface area contributed by atoms with Gasteiger partial charge in [-0.15, -0.1) is 0 Å². The Bertz CT molecular complexity index is 746. The maximum Gasteiger partial charge on any atom is 0.277 e. The fraction of sp³-hybridized carbons (Fsp3) is 0. The first-order valence-corrected chi connectivity index (χ1v) is 6.74. The molecule has 0 fully saturated rings. The van der Waals surface area contributed by atoms with Crippen molar-refractivity contribution < 1.29 is 15.4 Å².